The lowest BCUT2D eigenvalue weighted by Crippen LogP contribution is -2.06. The minimum Gasteiger partial charge on any atom is -0.387 e. The Morgan fingerprint density at radius 1 is 1.29 bits per heavy atom. The first kappa shape index (κ1) is 11.9. The molecule has 2 rings (SSSR count). The third kappa shape index (κ3) is 2.94. The van der Waals surface area contributed by atoms with Gasteiger partial charge in [0.15, 0.2) is 0 Å². The highest BCUT2D eigenvalue weighted by molar-refractivity contribution is 5.16. The number of aryl methyl sites for hydroxylation is 3. The monoisotopic (exact) mass is 230 g/mol. The number of benzene rings is 1. The molecule has 3 nitrogen and oxygen atoms in total. The second-order valence-corrected chi connectivity index (χ2v) is 4.37. The summed E-state index contributed by atoms with van der Waals surface area (Å²) in [7, 11) is 1.87. The van der Waals surface area contributed by atoms with E-state index in [9.17, 15) is 5.11 Å². The summed E-state index contributed by atoms with van der Waals surface area (Å²) in [5, 5.41) is 14.4. The molecule has 17 heavy (non-hydrogen) atoms. The summed E-state index contributed by atoms with van der Waals surface area (Å²) in [5.74, 6) is 0. The fraction of sp³-hybridized carbons (Fsp3) is 0.357. The van der Waals surface area contributed by atoms with E-state index in [-0.39, 0.29) is 0 Å². The molecule has 1 N–H and O–H groups in total. The smallest absolute Gasteiger partial charge is 0.0959 e. The molecule has 0 saturated heterocycles. The van der Waals surface area contributed by atoms with Gasteiger partial charge in [-0.05, 0) is 31.4 Å². The summed E-state index contributed by atoms with van der Waals surface area (Å²) < 4.78 is 1.75. The van der Waals surface area contributed by atoms with Crippen molar-refractivity contribution in [3.8, 4) is 0 Å². The molecule has 2 aromatic rings. The Bertz CT molecular complexity index is 476. The molecular weight excluding hydrogens is 212 g/mol. The van der Waals surface area contributed by atoms with Gasteiger partial charge in [0.1, 0.15) is 0 Å². The molecule has 0 radical (unpaired) electrons. The van der Waals surface area contributed by atoms with E-state index in [1.54, 1.807) is 4.68 Å². The lowest BCUT2D eigenvalue weighted by Gasteiger charge is -2.10. The Balaban J connectivity index is 1.98. The van der Waals surface area contributed by atoms with Crippen molar-refractivity contribution < 1.29 is 5.11 Å². The number of hydrogen-bond acceptors (Lipinski definition) is 2. The van der Waals surface area contributed by atoms with E-state index in [0.29, 0.717) is 0 Å². The Kier molecular flexibility index (Phi) is 3.59. The maximum absolute atomic E-state index is 10.1. The van der Waals surface area contributed by atoms with Crippen molar-refractivity contribution in [2.24, 2.45) is 7.05 Å². The molecule has 1 aromatic heterocycles. The topological polar surface area (TPSA) is 38.0 Å². The number of nitrogens with zero attached hydrogens (tertiary/aromatic N) is 2. The zero-order valence-electron chi connectivity index (χ0n) is 10.3. The van der Waals surface area contributed by atoms with Crippen molar-refractivity contribution in [2.45, 2.75) is 25.9 Å². The van der Waals surface area contributed by atoms with Gasteiger partial charge in [-0.2, -0.15) is 5.10 Å². The molecule has 0 amide bonds. The van der Waals surface area contributed by atoms with E-state index in [1.165, 1.54) is 5.56 Å². The molecule has 0 aliphatic rings. The summed E-state index contributed by atoms with van der Waals surface area (Å²) in [6.07, 6.45) is 1.16. The van der Waals surface area contributed by atoms with E-state index >= 15 is 0 Å². The average Bonchev–Trinajstić information content (AvgIpc) is 2.67. The lowest BCUT2D eigenvalue weighted by atomic mass is 10.0. The highest BCUT2D eigenvalue weighted by Crippen LogP contribution is 2.19. The second kappa shape index (κ2) is 5.15. The predicted octanol–water partition coefficient (Wildman–Crippen LogP) is 2.39. The van der Waals surface area contributed by atoms with Crippen molar-refractivity contribution in [1.82, 2.24) is 9.78 Å². The van der Waals surface area contributed by atoms with Gasteiger partial charge >= 0.3 is 0 Å². The lowest BCUT2D eigenvalue weighted by molar-refractivity contribution is 0.158. The minimum absolute atomic E-state index is 0.443. The Hall–Kier alpha value is -1.61. The first-order chi connectivity index (χ1) is 8.16. The average molecular weight is 230 g/mol. The largest absolute Gasteiger partial charge is 0.387 e. The summed E-state index contributed by atoms with van der Waals surface area (Å²) in [5.41, 5.74) is 3.09. The zero-order valence-corrected chi connectivity index (χ0v) is 10.3. The molecule has 0 bridgehead atoms. The number of aromatic nitrogens is 2. The second-order valence-electron chi connectivity index (χ2n) is 4.37. The molecule has 1 atom stereocenters. The first-order valence-electron chi connectivity index (χ1n) is 5.89. The normalized spacial score (nSPS) is 12.6. The summed E-state index contributed by atoms with van der Waals surface area (Å²) >= 11 is 0. The Labute approximate surface area is 102 Å². The molecule has 1 aromatic carbocycles. The van der Waals surface area contributed by atoms with E-state index in [1.807, 2.05) is 38.2 Å². The van der Waals surface area contributed by atoms with Crippen molar-refractivity contribution in [3.05, 3.63) is 53.3 Å². The molecule has 0 aliphatic carbocycles. The maximum atomic E-state index is 10.1. The SMILES string of the molecule is Cc1cc(C(O)CCc2ccccc2)n(C)n1. The van der Waals surface area contributed by atoms with E-state index in [2.05, 4.69) is 17.2 Å². The van der Waals surface area contributed by atoms with Crippen LogP contribution in [-0.4, -0.2) is 14.9 Å². The molecule has 0 fully saturated rings. The molecule has 1 heterocycles. The van der Waals surface area contributed by atoms with E-state index in [0.717, 1.165) is 24.2 Å². The molecule has 0 spiro atoms. The van der Waals surface area contributed by atoms with Gasteiger partial charge in [0.25, 0.3) is 0 Å². The Morgan fingerprint density at radius 2 is 2.00 bits per heavy atom. The van der Waals surface area contributed by atoms with Crippen molar-refractivity contribution in [2.75, 3.05) is 0 Å². The fourth-order valence-electron chi connectivity index (χ4n) is 2.04. The van der Waals surface area contributed by atoms with Gasteiger partial charge in [-0.25, -0.2) is 0 Å². The van der Waals surface area contributed by atoms with Gasteiger partial charge in [0, 0.05) is 7.05 Å². The van der Waals surface area contributed by atoms with Crippen LogP contribution in [0.15, 0.2) is 36.4 Å². The van der Waals surface area contributed by atoms with Crippen LogP contribution in [0.2, 0.25) is 0 Å². The minimum atomic E-state index is -0.443. The van der Waals surface area contributed by atoms with Gasteiger partial charge < -0.3 is 5.11 Å². The highest BCUT2D eigenvalue weighted by Gasteiger charge is 2.12. The molecule has 0 saturated carbocycles. The number of aliphatic hydroxyl groups excluding tert-OH is 1. The van der Waals surface area contributed by atoms with Gasteiger partial charge in [-0.1, -0.05) is 30.3 Å². The van der Waals surface area contributed by atoms with Crippen molar-refractivity contribution in [3.63, 3.8) is 0 Å². The maximum Gasteiger partial charge on any atom is 0.0959 e. The van der Waals surface area contributed by atoms with Gasteiger partial charge in [-0.15, -0.1) is 0 Å². The van der Waals surface area contributed by atoms with Crippen LogP contribution in [0.3, 0.4) is 0 Å². The third-order valence-electron chi connectivity index (χ3n) is 2.93. The summed E-state index contributed by atoms with van der Waals surface area (Å²) in [6.45, 7) is 1.94. The van der Waals surface area contributed by atoms with Crippen LogP contribution in [-0.2, 0) is 13.5 Å². The quantitative estimate of drug-likeness (QED) is 0.875. The highest BCUT2D eigenvalue weighted by atomic mass is 16.3. The van der Waals surface area contributed by atoms with Gasteiger partial charge in [0.05, 0.1) is 17.5 Å². The van der Waals surface area contributed by atoms with Crippen molar-refractivity contribution in [1.29, 1.82) is 0 Å². The van der Waals surface area contributed by atoms with Crippen LogP contribution in [0.5, 0.6) is 0 Å². The van der Waals surface area contributed by atoms with Gasteiger partial charge in [-0.3, -0.25) is 4.68 Å². The van der Waals surface area contributed by atoms with Crippen LogP contribution in [0.25, 0.3) is 0 Å². The summed E-state index contributed by atoms with van der Waals surface area (Å²) in [4.78, 5) is 0. The van der Waals surface area contributed by atoms with Crippen molar-refractivity contribution >= 4 is 0 Å². The van der Waals surface area contributed by atoms with Gasteiger partial charge in [0.2, 0.25) is 0 Å². The molecule has 3 heteroatoms. The third-order valence-corrected chi connectivity index (χ3v) is 2.93. The predicted molar refractivity (Wildman–Crippen MR) is 67.7 cm³/mol. The van der Waals surface area contributed by atoms with Crippen LogP contribution in [0.1, 0.15) is 29.5 Å². The molecule has 90 valence electrons. The number of hydrogen-bond donors (Lipinski definition) is 1. The molecule has 1 unspecified atom stereocenters. The van der Waals surface area contributed by atoms with E-state index < -0.39 is 6.10 Å². The van der Waals surface area contributed by atoms with Crippen LogP contribution in [0, 0.1) is 6.92 Å². The molecule has 0 aliphatic heterocycles. The number of rotatable bonds is 4. The zero-order chi connectivity index (χ0) is 12.3. The summed E-state index contributed by atoms with van der Waals surface area (Å²) in [6, 6.07) is 12.2. The molecular formula is C14H18N2O. The van der Waals surface area contributed by atoms with Crippen LogP contribution in [0.4, 0.5) is 0 Å². The Morgan fingerprint density at radius 3 is 2.59 bits per heavy atom. The standard InChI is InChI=1S/C14H18N2O/c1-11-10-13(16(2)15-11)14(17)9-8-12-6-4-3-5-7-12/h3-7,10,14,17H,8-9H2,1-2H3. The van der Waals surface area contributed by atoms with E-state index in [4.69, 9.17) is 0 Å². The number of aliphatic hydroxyl groups is 1. The first-order valence-corrected chi connectivity index (χ1v) is 5.89. The van der Waals surface area contributed by atoms with Crippen LogP contribution < -0.4 is 0 Å². The van der Waals surface area contributed by atoms with Crippen LogP contribution >= 0.6 is 0 Å². The fourth-order valence-corrected chi connectivity index (χ4v) is 2.04.